The minimum atomic E-state index is -0.947. The number of anilines is 1. The number of carboxylic acid groups (broad SMARTS) is 1. The van der Waals surface area contributed by atoms with E-state index in [2.05, 4.69) is 22.2 Å². The van der Waals surface area contributed by atoms with Gasteiger partial charge in [-0.05, 0) is 67.3 Å². The molecule has 2 aromatic heterocycles. The summed E-state index contributed by atoms with van der Waals surface area (Å²) in [5.74, 6) is -0.471. The number of nitrogens with zero attached hydrogens (tertiary/aromatic N) is 2. The van der Waals surface area contributed by atoms with Crippen molar-refractivity contribution in [3.05, 3.63) is 70.1 Å². The summed E-state index contributed by atoms with van der Waals surface area (Å²) in [6.45, 7) is 4.66. The number of rotatable bonds is 7. The van der Waals surface area contributed by atoms with Gasteiger partial charge >= 0.3 is 5.97 Å². The molecule has 8 heteroatoms. The van der Waals surface area contributed by atoms with Crippen LogP contribution in [0.1, 0.15) is 26.4 Å². The summed E-state index contributed by atoms with van der Waals surface area (Å²) in [7, 11) is 0. The van der Waals surface area contributed by atoms with Crippen LogP contribution in [0.2, 0.25) is 0 Å². The highest BCUT2D eigenvalue weighted by Gasteiger charge is 2.14. The van der Waals surface area contributed by atoms with Crippen molar-refractivity contribution in [1.82, 2.24) is 9.97 Å². The minimum Gasteiger partial charge on any atom is -0.478 e. The van der Waals surface area contributed by atoms with Crippen molar-refractivity contribution < 1.29 is 14.3 Å². The van der Waals surface area contributed by atoms with E-state index in [1.54, 1.807) is 35.6 Å². The number of aryl methyl sites for hydroxylation is 2. The largest absolute Gasteiger partial charge is 0.478 e. The van der Waals surface area contributed by atoms with Crippen molar-refractivity contribution in [2.45, 2.75) is 25.2 Å². The maximum Gasteiger partial charge on any atom is 0.336 e. The first-order chi connectivity index (χ1) is 15.4. The monoisotopic (exact) mass is 467 g/mol. The third-order valence-electron chi connectivity index (χ3n) is 5.32. The van der Waals surface area contributed by atoms with E-state index < -0.39 is 5.97 Å². The maximum absolute atomic E-state index is 13.9. The topological polar surface area (TPSA) is 75.1 Å². The van der Waals surface area contributed by atoms with Crippen LogP contribution in [0.4, 0.5) is 10.2 Å². The van der Waals surface area contributed by atoms with Gasteiger partial charge in [-0.3, -0.25) is 0 Å². The van der Waals surface area contributed by atoms with Crippen LogP contribution in [0.5, 0.6) is 0 Å². The zero-order chi connectivity index (χ0) is 22.8. The molecule has 0 spiro atoms. The van der Waals surface area contributed by atoms with Crippen LogP contribution in [0.15, 0.2) is 47.6 Å². The fourth-order valence-electron chi connectivity index (χ4n) is 3.76. The number of halogens is 1. The number of benzene rings is 2. The van der Waals surface area contributed by atoms with Crippen LogP contribution in [0.3, 0.4) is 0 Å². The van der Waals surface area contributed by atoms with E-state index in [0.29, 0.717) is 23.0 Å². The zero-order valence-corrected chi connectivity index (χ0v) is 19.5. The summed E-state index contributed by atoms with van der Waals surface area (Å²) in [6.07, 6.45) is 4.09. The Morgan fingerprint density at radius 3 is 2.75 bits per heavy atom. The molecule has 0 unspecified atom stereocenters. The predicted molar refractivity (Wildman–Crippen MR) is 130 cm³/mol. The molecule has 164 valence electrons. The summed E-state index contributed by atoms with van der Waals surface area (Å²) in [5, 5.41) is 13.6. The lowest BCUT2D eigenvalue weighted by atomic mass is 10.1. The van der Waals surface area contributed by atoms with Gasteiger partial charge in [0, 0.05) is 32.6 Å². The molecule has 0 amide bonds. The Kier molecular flexibility index (Phi) is 6.43. The summed E-state index contributed by atoms with van der Waals surface area (Å²) in [4.78, 5) is 21.9. The number of nitrogens with one attached hydrogen (secondary N) is 1. The van der Waals surface area contributed by atoms with E-state index in [9.17, 15) is 14.3 Å². The van der Waals surface area contributed by atoms with Crippen molar-refractivity contribution in [1.29, 1.82) is 0 Å². The van der Waals surface area contributed by atoms with Crippen molar-refractivity contribution in [2.75, 3.05) is 18.1 Å². The SMILES string of the molecule is CSc1cc(-c2cc(NCCc3c(C)sc4c(C)cc(F)cc34)ncn2)ccc1C(=O)O. The summed E-state index contributed by atoms with van der Waals surface area (Å²) >= 11 is 3.09. The lowest BCUT2D eigenvalue weighted by Gasteiger charge is -2.09. The molecule has 4 rings (SSSR count). The Hall–Kier alpha value is -2.97. The molecule has 0 radical (unpaired) electrons. The Bertz CT molecular complexity index is 1320. The number of thioether (sulfide) groups is 1. The van der Waals surface area contributed by atoms with Crippen LogP contribution in [-0.2, 0) is 6.42 Å². The first kappa shape index (κ1) is 22.2. The van der Waals surface area contributed by atoms with Crippen LogP contribution >= 0.6 is 23.1 Å². The van der Waals surface area contributed by atoms with Crippen molar-refractivity contribution in [3.63, 3.8) is 0 Å². The van der Waals surface area contributed by atoms with E-state index in [-0.39, 0.29) is 11.4 Å². The number of thiophene rings is 1. The average molecular weight is 468 g/mol. The molecular weight excluding hydrogens is 445 g/mol. The normalized spacial score (nSPS) is 11.1. The zero-order valence-electron chi connectivity index (χ0n) is 17.9. The molecule has 0 aliphatic heterocycles. The van der Waals surface area contributed by atoms with Crippen LogP contribution in [-0.4, -0.2) is 33.8 Å². The first-order valence-corrected chi connectivity index (χ1v) is 12.1. The van der Waals surface area contributed by atoms with Crippen molar-refractivity contribution in [3.8, 4) is 11.3 Å². The van der Waals surface area contributed by atoms with Gasteiger partial charge in [-0.25, -0.2) is 19.2 Å². The Morgan fingerprint density at radius 1 is 1.19 bits per heavy atom. The Labute approximate surface area is 193 Å². The average Bonchev–Trinajstić information content (AvgIpc) is 3.09. The highest BCUT2D eigenvalue weighted by atomic mass is 32.2. The van der Waals surface area contributed by atoms with E-state index >= 15 is 0 Å². The van der Waals surface area contributed by atoms with Gasteiger partial charge in [0.1, 0.15) is 18.0 Å². The standard InChI is InChI=1S/C24H22FN3O2S2/c1-13-8-16(25)10-19-17(14(2)32-23(13)19)6-7-26-22-11-20(27-12-28-22)15-4-5-18(24(29)30)21(9-15)31-3/h4-5,8-12H,6-7H2,1-3H3,(H,29,30)(H,26,27,28). The van der Waals surface area contributed by atoms with E-state index in [1.165, 1.54) is 23.0 Å². The van der Waals surface area contributed by atoms with Gasteiger partial charge in [0.25, 0.3) is 0 Å². The molecule has 0 aliphatic carbocycles. The quantitative estimate of drug-likeness (QED) is 0.316. The molecular formula is C24H22FN3O2S2. The first-order valence-electron chi connectivity index (χ1n) is 10.0. The number of hydrogen-bond acceptors (Lipinski definition) is 6. The molecule has 0 saturated heterocycles. The fraction of sp³-hybridized carbons (Fsp3) is 0.208. The summed E-state index contributed by atoms with van der Waals surface area (Å²) in [5.41, 5.74) is 3.94. The number of aromatic carboxylic acids is 1. The van der Waals surface area contributed by atoms with E-state index in [0.717, 1.165) is 33.2 Å². The van der Waals surface area contributed by atoms with Crippen LogP contribution < -0.4 is 5.32 Å². The molecule has 2 aromatic carbocycles. The lowest BCUT2D eigenvalue weighted by Crippen LogP contribution is -2.07. The summed E-state index contributed by atoms with van der Waals surface area (Å²) < 4.78 is 15.1. The number of carboxylic acids is 1. The van der Waals surface area contributed by atoms with Gasteiger partial charge in [0.05, 0.1) is 11.3 Å². The Morgan fingerprint density at radius 2 is 2.00 bits per heavy atom. The highest BCUT2D eigenvalue weighted by molar-refractivity contribution is 7.98. The number of aromatic nitrogens is 2. The van der Waals surface area contributed by atoms with Gasteiger partial charge in [-0.1, -0.05) is 6.07 Å². The third-order valence-corrected chi connectivity index (χ3v) is 7.40. The summed E-state index contributed by atoms with van der Waals surface area (Å²) in [6, 6.07) is 10.2. The van der Waals surface area contributed by atoms with Crippen molar-refractivity contribution in [2.24, 2.45) is 0 Å². The molecule has 0 saturated carbocycles. The second kappa shape index (κ2) is 9.26. The van der Waals surface area contributed by atoms with Crippen LogP contribution in [0.25, 0.3) is 21.3 Å². The third kappa shape index (κ3) is 4.47. The second-order valence-electron chi connectivity index (χ2n) is 7.42. The maximum atomic E-state index is 13.9. The minimum absolute atomic E-state index is 0.207. The molecule has 0 bridgehead atoms. The van der Waals surface area contributed by atoms with E-state index in [4.69, 9.17) is 0 Å². The van der Waals surface area contributed by atoms with Gasteiger partial charge < -0.3 is 10.4 Å². The lowest BCUT2D eigenvalue weighted by molar-refractivity contribution is 0.0693. The van der Waals surface area contributed by atoms with Gasteiger partial charge in [0.2, 0.25) is 0 Å². The molecule has 32 heavy (non-hydrogen) atoms. The molecule has 5 nitrogen and oxygen atoms in total. The molecule has 0 fully saturated rings. The molecule has 2 N–H and O–H groups in total. The number of carbonyl (C=O) groups is 1. The van der Waals surface area contributed by atoms with Gasteiger partial charge in [-0.2, -0.15) is 0 Å². The van der Waals surface area contributed by atoms with Gasteiger partial charge in [0.15, 0.2) is 0 Å². The fourth-order valence-corrected chi connectivity index (χ4v) is 5.53. The van der Waals surface area contributed by atoms with Crippen LogP contribution in [0, 0.1) is 19.7 Å². The number of hydrogen-bond donors (Lipinski definition) is 2. The van der Waals surface area contributed by atoms with Crippen molar-refractivity contribution >= 4 is 45.0 Å². The predicted octanol–water partition coefficient (Wildman–Crippen LogP) is 6.19. The second-order valence-corrected chi connectivity index (χ2v) is 9.49. The molecule has 0 atom stereocenters. The van der Waals surface area contributed by atoms with E-state index in [1.807, 2.05) is 25.3 Å². The smallest absolute Gasteiger partial charge is 0.336 e. The molecule has 4 aromatic rings. The Balaban J connectivity index is 1.52. The number of fused-ring (bicyclic) bond motifs is 1. The molecule has 2 heterocycles. The molecule has 0 aliphatic rings. The van der Waals surface area contributed by atoms with Gasteiger partial charge in [-0.15, -0.1) is 23.1 Å². The highest BCUT2D eigenvalue weighted by Crippen LogP contribution is 2.34.